The van der Waals surface area contributed by atoms with Gasteiger partial charge in [-0.1, -0.05) is 0 Å². The van der Waals surface area contributed by atoms with Crippen LogP contribution >= 0.6 is 0 Å². The minimum atomic E-state index is 0.0792. The number of carbonyl (C=O) groups is 1. The zero-order valence-corrected chi connectivity index (χ0v) is 14.8. The predicted molar refractivity (Wildman–Crippen MR) is 96.6 cm³/mol. The zero-order chi connectivity index (χ0) is 17.6. The summed E-state index contributed by atoms with van der Waals surface area (Å²) < 4.78 is 2.08. The summed E-state index contributed by atoms with van der Waals surface area (Å²) in [5, 5.41) is 9.38. The lowest BCUT2D eigenvalue weighted by Gasteiger charge is -2.32. The minimum Gasteiger partial charge on any atom is -0.336 e. The van der Waals surface area contributed by atoms with Crippen LogP contribution in [0.25, 0.3) is 22.1 Å². The highest BCUT2D eigenvalue weighted by Crippen LogP contribution is 2.25. The molecule has 7 nitrogen and oxygen atoms in total. The van der Waals surface area contributed by atoms with Crippen LogP contribution in [0.3, 0.4) is 0 Å². The molecule has 7 heteroatoms. The third kappa shape index (κ3) is 2.74. The van der Waals surface area contributed by atoms with Crippen molar-refractivity contribution in [3.63, 3.8) is 0 Å². The van der Waals surface area contributed by atoms with Crippen LogP contribution < -0.4 is 0 Å². The van der Waals surface area contributed by atoms with Crippen LogP contribution in [0.5, 0.6) is 0 Å². The number of fused-ring (bicyclic) bond motifs is 3. The number of aromatic nitrogens is 4. The largest absolute Gasteiger partial charge is 0.336 e. The van der Waals surface area contributed by atoms with Gasteiger partial charge in [-0.3, -0.25) is 4.79 Å². The molecule has 25 heavy (non-hydrogen) atoms. The van der Waals surface area contributed by atoms with Crippen LogP contribution in [-0.2, 0) is 0 Å². The number of benzene rings is 1. The van der Waals surface area contributed by atoms with Gasteiger partial charge >= 0.3 is 0 Å². The molecule has 0 spiro atoms. The molecule has 1 fully saturated rings. The highest BCUT2D eigenvalue weighted by molar-refractivity contribution is 6.05. The number of hydrogen-bond donors (Lipinski definition) is 0. The maximum absolute atomic E-state index is 12.9. The van der Waals surface area contributed by atoms with E-state index in [-0.39, 0.29) is 11.9 Å². The van der Waals surface area contributed by atoms with Gasteiger partial charge in [0.05, 0.1) is 17.4 Å². The van der Waals surface area contributed by atoms with Crippen molar-refractivity contribution in [2.75, 3.05) is 33.2 Å². The van der Waals surface area contributed by atoms with Crippen LogP contribution in [0.15, 0.2) is 24.5 Å². The molecule has 0 saturated carbocycles. The maximum atomic E-state index is 12.9. The number of hydrogen-bond acceptors (Lipinski definition) is 5. The molecule has 2 aromatic heterocycles. The molecule has 0 atom stereocenters. The fourth-order valence-corrected chi connectivity index (χ4v) is 3.31. The average Bonchev–Trinajstić information content (AvgIpc) is 3.06. The molecule has 1 aliphatic heterocycles. The Bertz CT molecular complexity index is 939. The first kappa shape index (κ1) is 16.0. The fourth-order valence-electron chi connectivity index (χ4n) is 3.31. The number of imidazole rings is 1. The minimum absolute atomic E-state index is 0.0792. The van der Waals surface area contributed by atoms with E-state index in [0.29, 0.717) is 11.2 Å². The van der Waals surface area contributed by atoms with E-state index in [1.807, 2.05) is 23.1 Å². The summed E-state index contributed by atoms with van der Waals surface area (Å²) >= 11 is 0. The van der Waals surface area contributed by atoms with Gasteiger partial charge < -0.3 is 14.4 Å². The van der Waals surface area contributed by atoms with Gasteiger partial charge in [-0.05, 0) is 39.1 Å². The summed E-state index contributed by atoms with van der Waals surface area (Å²) in [6.07, 6.45) is 1.79. The standard InChI is InChI=1S/C18H22N6O/c1-12(2)24-11-19-17-16(24)14-10-13(4-5-15(14)20-21-17)18(25)23-8-6-22(3)7-9-23/h4-5,10-12H,6-9H2,1-3H3. The summed E-state index contributed by atoms with van der Waals surface area (Å²) in [7, 11) is 2.08. The fraction of sp³-hybridized carbons (Fsp3) is 0.444. The maximum Gasteiger partial charge on any atom is 0.253 e. The molecule has 0 unspecified atom stereocenters. The van der Waals surface area contributed by atoms with E-state index in [1.54, 1.807) is 6.33 Å². The van der Waals surface area contributed by atoms with Crippen LogP contribution in [0.1, 0.15) is 30.2 Å². The second-order valence-electron chi connectivity index (χ2n) is 6.95. The molecule has 0 radical (unpaired) electrons. The van der Waals surface area contributed by atoms with Crippen LogP contribution in [0.2, 0.25) is 0 Å². The smallest absolute Gasteiger partial charge is 0.253 e. The number of amides is 1. The Balaban J connectivity index is 1.79. The van der Waals surface area contributed by atoms with Crippen LogP contribution in [-0.4, -0.2) is 68.7 Å². The Kier molecular flexibility index (Phi) is 3.88. The predicted octanol–water partition coefficient (Wildman–Crippen LogP) is 1.95. The molecule has 1 aliphatic rings. The van der Waals surface area contributed by atoms with Gasteiger partial charge in [-0.25, -0.2) is 4.98 Å². The molecule has 1 saturated heterocycles. The molecule has 130 valence electrons. The van der Waals surface area contributed by atoms with E-state index in [9.17, 15) is 4.79 Å². The third-order valence-corrected chi connectivity index (χ3v) is 4.87. The Hall–Kier alpha value is -2.54. The van der Waals surface area contributed by atoms with Crippen molar-refractivity contribution in [3.8, 4) is 0 Å². The first-order chi connectivity index (χ1) is 12.0. The Morgan fingerprint density at radius 2 is 1.88 bits per heavy atom. The van der Waals surface area contributed by atoms with Gasteiger partial charge in [0.25, 0.3) is 5.91 Å². The molecule has 3 aromatic rings. The summed E-state index contributed by atoms with van der Waals surface area (Å²) in [6, 6.07) is 5.92. The molecular weight excluding hydrogens is 316 g/mol. The van der Waals surface area contributed by atoms with E-state index in [1.165, 1.54) is 0 Å². The van der Waals surface area contributed by atoms with Gasteiger partial charge in [0.1, 0.15) is 0 Å². The van der Waals surface area contributed by atoms with Gasteiger partial charge in [0.2, 0.25) is 5.65 Å². The van der Waals surface area contributed by atoms with Crippen LogP contribution in [0.4, 0.5) is 0 Å². The Labute approximate surface area is 146 Å². The zero-order valence-electron chi connectivity index (χ0n) is 14.8. The van der Waals surface area contributed by atoms with E-state index >= 15 is 0 Å². The summed E-state index contributed by atoms with van der Waals surface area (Å²) in [4.78, 5) is 21.4. The van der Waals surface area contributed by atoms with E-state index in [4.69, 9.17) is 0 Å². The lowest BCUT2D eigenvalue weighted by Crippen LogP contribution is -2.47. The molecule has 1 aromatic carbocycles. The second kappa shape index (κ2) is 6.07. The first-order valence-corrected chi connectivity index (χ1v) is 8.65. The summed E-state index contributed by atoms with van der Waals surface area (Å²) in [5.41, 5.74) is 3.03. The number of likely N-dealkylation sites (N-methyl/N-ethyl adjacent to an activating group) is 1. The number of piperazine rings is 1. The van der Waals surface area contributed by atoms with Gasteiger partial charge in [-0.15, -0.1) is 10.2 Å². The SMILES string of the molecule is CC(C)n1cnc2nnc3ccc(C(=O)N4CCN(C)CC4)cc3c21. The van der Waals surface area contributed by atoms with Crippen molar-refractivity contribution >= 4 is 28.0 Å². The molecule has 4 rings (SSSR count). The van der Waals surface area contributed by atoms with Crippen LogP contribution in [0, 0.1) is 0 Å². The third-order valence-electron chi connectivity index (χ3n) is 4.87. The normalized spacial score (nSPS) is 16.2. The molecule has 0 bridgehead atoms. The van der Waals surface area contributed by atoms with Crippen molar-refractivity contribution in [3.05, 3.63) is 30.1 Å². The van der Waals surface area contributed by atoms with Crippen molar-refractivity contribution in [2.24, 2.45) is 0 Å². The van der Waals surface area contributed by atoms with Crippen molar-refractivity contribution in [2.45, 2.75) is 19.9 Å². The van der Waals surface area contributed by atoms with Gasteiger partial charge in [0.15, 0.2) is 0 Å². The van der Waals surface area contributed by atoms with Crippen molar-refractivity contribution in [1.82, 2.24) is 29.5 Å². The molecule has 3 heterocycles. The summed E-state index contributed by atoms with van der Waals surface area (Å²) in [6.45, 7) is 7.56. The lowest BCUT2D eigenvalue weighted by atomic mass is 10.1. The summed E-state index contributed by atoms with van der Waals surface area (Å²) in [5.74, 6) is 0.0792. The van der Waals surface area contributed by atoms with Crippen molar-refractivity contribution in [1.29, 1.82) is 0 Å². The molecule has 0 aliphatic carbocycles. The van der Waals surface area contributed by atoms with Gasteiger partial charge in [-0.2, -0.15) is 0 Å². The second-order valence-corrected chi connectivity index (χ2v) is 6.95. The number of nitrogens with zero attached hydrogens (tertiary/aromatic N) is 6. The first-order valence-electron chi connectivity index (χ1n) is 8.65. The monoisotopic (exact) mass is 338 g/mol. The van der Waals surface area contributed by atoms with Gasteiger partial charge in [0, 0.05) is 43.2 Å². The Morgan fingerprint density at radius 1 is 1.12 bits per heavy atom. The molecule has 1 amide bonds. The topological polar surface area (TPSA) is 67.2 Å². The van der Waals surface area contributed by atoms with Crippen molar-refractivity contribution < 1.29 is 4.79 Å². The van der Waals surface area contributed by atoms with E-state index in [2.05, 4.69) is 45.5 Å². The van der Waals surface area contributed by atoms with E-state index < -0.39 is 0 Å². The quantitative estimate of drug-likeness (QED) is 0.714. The molecule has 0 N–H and O–H groups in total. The number of carbonyl (C=O) groups excluding carboxylic acids is 1. The Morgan fingerprint density at radius 3 is 2.60 bits per heavy atom. The average molecular weight is 338 g/mol. The molecular formula is C18H22N6O. The number of rotatable bonds is 2. The highest BCUT2D eigenvalue weighted by Gasteiger charge is 2.21. The van der Waals surface area contributed by atoms with E-state index in [0.717, 1.165) is 42.6 Å². The lowest BCUT2D eigenvalue weighted by molar-refractivity contribution is 0.0664. The highest BCUT2D eigenvalue weighted by atomic mass is 16.2.